The highest BCUT2D eigenvalue weighted by molar-refractivity contribution is 7.99. The van der Waals surface area contributed by atoms with Gasteiger partial charge < -0.3 is 4.74 Å². The van der Waals surface area contributed by atoms with Gasteiger partial charge in [0.25, 0.3) is 0 Å². The Labute approximate surface area is 104 Å². The SMILES string of the molecule is O=C(OCSC1CCCCC1)c1ccsc1. The summed E-state index contributed by atoms with van der Waals surface area (Å²) in [5, 5.41) is 4.42. The van der Waals surface area contributed by atoms with Gasteiger partial charge in [0, 0.05) is 10.6 Å². The third-order valence-electron chi connectivity index (χ3n) is 2.80. The van der Waals surface area contributed by atoms with Gasteiger partial charge in [-0.05, 0) is 24.3 Å². The monoisotopic (exact) mass is 256 g/mol. The Hall–Kier alpha value is -0.480. The van der Waals surface area contributed by atoms with Crippen molar-refractivity contribution in [2.45, 2.75) is 37.4 Å². The predicted octanol–water partition coefficient (Wildman–Crippen LogP) is 3.93. The highest BCUT2D eigenvalue weighted by atomic mass is 32.2. The zero-order valence-corrected chi connectivity index (χ0v) is 10.8. The Bertz CT molecular complexity index is 316. The second-order valence-corrected chi connectivity index (χ2v) is 6.00. The summed E-state index contributed by atoms with van der Waals surface area (Å²) < 4.78 is 5.22. The largest absolute Gasteiger partial charge is 0.451 e. The third kappa shape index (κ3) is 3.52. The molecule has 0 radical (unpaired) electrons. The van der Waals surface area contributed by atoms with Gasteiger partial charge in [-0.15, -0.1) is 11.8 Å². The summed E-state index contributed by atoms with van der Waals surface area (Å²) in [6.45, 7) is 0. The molecule has 1 heterocycles. The first-order valence-electron chi connectivity index (χ1n) is 5.67. The molecule has 0 amide bonds. The fraction of sp³-hybridized carbons (Fsp3) is 0.583. The number of thiophene rings is 1. The highest BCUT2D eigenvalue weighted by Gasteiger charge is 2.14. The molecule has 4 heteroatoms. The van der Waals surface area contributed by atoms with E-state index in [1.807, 2.05) is 10.8 Å². The Balaban J connectivity index is 1.66. The van der Waals surface area contributed by atoms with Crippen LogP contribution in [0.1, 0.15) is 42.5 Å². The number of carbonyl (C=O) groups excluding carboxylic acids is 1. The quantitative estimate of drug-likeness (QED) is 0.603. The smallest absolute Gasteiger partial charge is 0.339 e. The van der Waals surface area contributed by atoms with Crippen LogP contribution in [0.25, 0.3) is 0 Å². The Kier molecular flexibility index (Phi) is 4.72. The summed E-state index contributed by atoms with van der Waals surface area (Å²) >= 11 is 3.31. The minimum atomic E-state index is -0.190. The van der Waals surface area contributed by atoms with E-state index in [0.717, 1.165) is 0 Å². The van der Waals surface area contributed by atoms with Crippen molar-refractivity contribution < 1.29 is 9.53 Å². The van der Waals surface area contributed by atoms with E-state index >= 15 is 0 Å². The molecule has 16 heavy (non-hydrogen) atoms. The van der Waals surface area contributed by atoms with Gasteiger partial charge in [0.15, 0.2) is 0 Å². The first-order chi connectivity index (χ1) is 7.86. The molecule has 2 nitrogen and oxygen atoms in total. The van der Waals surface area contributed by atoms with Gasteiger partial charge in [-0.2, -0.15) is 11.3 Å². The maximum Gasteiger partial charge on any atom is 0.339 e. The molecule has 0 saturated heterocycles. The lowest BCUT2D eigenvalue weighted by molar-refractivity contribution is 0.0579. The molecule has 0 spiro atoms. The number of carbonyl (C=O) groups is 1. The molecule has 1 fully saturated rings. The lowest BCUT2D eigenvalue weighted by atomic mass is 10.0. The van der Waals surface area contributed by atoms with Crippen LogP contribution in [-0.4, -0.2) is 17.2 Å². The van der Waals surface area contributed by atoms with Gasteiger partial charge >= 0.3 is 5.97 Å². The fourth-order valence-electron chi connectivity index (χ4n) is 1.88. The van der Waals surface area contributed by atoms with Crippen molar-refractivity contribution in [3.05, 3.63) is 22.4 Å². The molecule has 2 rings (SSSR count). The van der Waals surface area contributed by atoms with Crippen LogP contribution in [0.2, 0.25) is 0 Å². The van der Waals surface area contributed by atoms with E-state index in [1.165, 1.54) is 43.4 Å². The number of rotatable bonds is 4. The second kappa shape index (κ2) is 6.30. The summed E-state index contributed by atoms with van der Waals surface area (Å²) in [6.07, 6.45) is 6.58. The summed E-state index contributed by atoms with van der Waals surface area (Å²) in [6, 6.07) is 1.80. The van der Waals surface area contributed by atoms with Gasteiger partial charge in [0.2, 0.25) is 0 Å². The van der Waals surface area contributed by atoms with Crippen LogP contribution < -0.4 is 0 Å². The molecular weight excluding hydrogens is 240 g/mol. The highest BCUT2D eigenvalue weighted by Crippen LogP contribution is 2.28. The van der Waals surface area contributed by atoms with E-state index in [4.69, 9.17) is 4.74 Å². The number of esters is 1. The minimum absolute atomic E-state index is 0.190. The van der Waals surface area contributed by atoms with E-state index < -0.39 is 0 Å². The van der Waals surface area contributed by atoms with Crippen molar-refractivity contribution in [2.24, 2.45) is 0 Å². The van der Waals surface area contributed by atoms with E-state index in [2.05, 4.69) is 0 Å². The molecule has 0 aromatic carbocycles. The summed E-state index contributed by atoms with van der Waals surface area (Å²) in [7, 11) is 0. The van der Waals surface area contributed by atoms with Crippen LogP contribution in [0.4, 0.5) is 0 Å². The standard InChI is InChI=1S/C12H16O2S2/c13-12(10-6-7-15-8-10)14-9-16-11-4-2-1-3-5-11/h6-8,11H,1-5,9H2. The molecule has 1 saturated carbocycles. The Morgan fingerprint density at radius 1 is 1.44 bits per heavy atom. The average molecular weight is 256 g/mol. The first-order valence-corrected chi connectivity index (χ1v) is 7.66. The van der Waals surface area contributed by atoms with Gasteiger partial charge in [-0.1, -0.05) is 19.3 Å². The molecule has 88 valence electrons. The lowest BCUT2D eigenvalue weighted by Gasteiger charge is -2.20. The number of thioether (sulfide) groups is 1. The molecule has 1 aromatic rings. The molecule has 1 aliphatic carbocycles. The van der Waals surface area contributed by atoms with Crippen LogP contribution in [0, 0.1) is 0 Å². The van der Waals surface area contributed by atoms with E-state index in [0.29, 0.717) is 16.8 Å². The maximum atomic E-state index is 11.5. The van der Waals surface area contributed by atoms with Gasteiger partial charge in [0.1, 0.15) is 5.94 Å². The average Bonchev–Trinajstić information content (AvgIpc) is 2.84. The summed E-state index contributed by atoms with van der Waals surface area (Å²) in [5.74, 6) is 0.309. The number of hydrogen-bond donors (Lipinski definition) is 0. The Morgan fingerprint density at radius 2 is 2.25 bits per heavy atom. The van der Waals surface area contributed by atoms with Crippen molar-refractivity contribution >= 4 is 29.1 Å². The molecule has 0 bridgehead atoms. The molecule has 0 aliphatic heterocycles. The second-order valence-electron chi connectivity index (χ2n) is 3.99. The van der Waals surface area contributed by atoms with Gasteiger partial charge in [-0.25, -0.2) is 4.79 Å². The molecule has 1 aromatic heterocycles. The zero-order valence-electron chi connectivity index (χ0n) is 9.19. The zero-order chi connectivity index (χ0) is 11.2. The van der Waals surface area contributed by atoms with Crippen molar-refractivity contribution in [1.82, 2.24) is 0 Å². The third-order valence-corrected chi connectivity index (χ3v) is 4.68. The van der Waals surface area contributed by atoms with Gasteiger partial charge in [-0.3, -0.25) is 0 Å². The number of ether oxygens (including phenoxy) is 1. The minimum Gasteiger partial charge on any atom is -0.451 e. The normalized spacial score (nSPS) is 17.2. The maximum absolute atomic E-state index is 11.5. The molecule has 0 atom stereocenters. The van der Waals surface area contributed by atoms with Crippen LogP contribution in [-0.2, 0) is 4.74 Å². The molecule has 0 unspecified atom stereocenters. The lowest BCUT2D eigenvalue weighted by Crippen LogP contribution is -2.11. The molecule has 1 aliphatic rings. The topological polar surface area (TPSA) is 26.3 Å². The molecular formula is C12H16O2S2. The predicted molar refractivity (Wildman–Crippen MR) is 69.1 cm³/mol. The van der Waals surface area contributed by atoms with E-state index in [1.54, 1.807) is 17.8 Å². The van der Waals surface area contributed by atoms with Crippen LogP contribution in [0.15, 0.2) is 16.8 Å². The van der Waals surface area contributed by atoms with Gasteiger partial charge in [0.05, 0.1) is 5.56 Å². The van der Waals surface area contributed by atoms with Crippen LogP contribution in [0.5, 0.6) is 0 Å². The van der Waals surface area contributed by atoms with Crippen LogP contribution in [0.3, 0.4) is 0 Å². The van der Waals surface area contributed by atoms with Crippen molar-refractivity contribution in [1.29, 1.82) is 0 Å². The van der Waals surface area contributed by atoms with E-state index in [-0.39, 0.29) is 5.97 Å². The van der Waals surface area contributed by atoms with Crippen molar-refractivity contribution in [2.75, 3.05) is 5.94 Å². The summed E-state index contributed by atoms with van der Waals surface area (Å²) in [5.41, 5.74) is 0.675. The fourth-order valence-corrected chi connectivity index (χ4v) is 3.54. The number of hydrogen-bond acceptors (Lipinski definition) is 4. The first kappa shape index (κ1) is 12.0. The molecule has 0 N–H and O–H groups in total. The van der Waals surface area contributed by atoms with Crippen molar-refractivity contribution in [3.63, 3.8) is 0 Å². The van der Waals surface area contributed by atoms with Crippen molar-refractivity contribution in [3.8, 4) is 0 Å². The van der Waals surface area contributed by atoms with Crippen LogP contribution >= 0.6 is 23.1 Å². The Morgan fingerprint density at radius 3 is 2.94 bits per heavy atom. The van der Waals surface area contributed by atoms with E-state index in [9.17, 15) is 4.79 Å². The summed E-state index contributed by atoms with van der Waals surface area (Å²) in [4.78, 5) is 11.5.